The highest BCUT2D eigenvalue weighted by Crippen LogP contribution is 2.40. The number of esters is 1. The maximum atomic E-state index is 12.6. The van der Waals surface area contributed by atoms with Crippen LogP contribution < -0.4 is 15.7 Å². The maximum Gasteiger partial charge on any atom is 0.331 e. The molecule has 0 aromatic heterocycles. The zero-order valence-corrected chi connectivity index (χ0v) is 21.7. The molecule has 1 aliphatic rings. The van der Waals surface area contributed by atoms with Crippen LogP contribution >= 0.6 is 11.8 Å². The van der Waals surface area contributed by atoms with Gasteiger partial charge in [0.2, 0.25) is 5.91 Å². The lowest BCUT2D eigenvalue weighted by atomic mass is 9.96. The smallest absolute Gasteiger partial charge is 0.331 e. The predicted octanol–water partition coefficient (Wildman–Crippen LogP) is 3.83. The van der Waals surface area contributed by atoms with Gasteiger partial charge in [-0.2, -0.15) is 0 Å². The van der Waals surface area contributed by atoms with Crippen molar-refractivity contribution in [1.29, 1.82) is 0 Å². The number of nitrogens with one attached hydrogen (secondary N) is 1. The lowest BCUT2D eigenvalue weighted by molar-refractivity contribution is -0.137. The quantitative estimate of drug-likeness (QED) is 0.254. The summed E-state index contributed by atoms with van der Waals surface area (Å²) in [4.78, 5) is 24.2. The van der Waals surface area contributed by atoms with Gasteiger partial charge in [-0.05, 0) is 34.7 Å². The first kappa shape index (κ1) is 25.3. The first-order chi connectivity index (χ1) is 15.7. The van der Waals surface area contributed by atoms with Crippen molar-refractivity contribution >= 4 is 42.3 Å². The van der Waals surface area contributed by atoms with Crippen molar-refractivity contribution in [1.82, 2.24) is 5.32 Å². The van der Waals surface area contributed by atoms with Gasteiger partial charge in [0.25, 0.3) is 8.32 Å². The molecule has 2 aromatic rings. The van der Waals surface area contributed by atoms with Crippen LogP contribution in [0.1, 0.15) is 34.6 Å². The van der Waals surface area contributed by atoms with Crippen LogP contribution in [-0.4, -0.2) is 38.3 Å². The molecule has 1 heterocycles. The zero-order chi connectivity index (χ0) is 24.1. The standard InChI is InChI=1S/C26H33NO4SSi/c1-6-30-22(28)17-18-32-25-23(24(29)27-25)19(2)31-33(26(3,4)5,20-13-9-7-10-14-20)21-15-11-8-12-16-21/h7-19,23,25H,6H2,1-5H3,(H,27,29)/b18-17-. The third kappa shape index (κ3) is 5.42. The van der Waals surface area contributed by atoms with E-state index in [1.165, 1.54) is 28.2 Å². The number of thioether (sulfide) groups is 1. The fourth-order valence-electron chi connectivity index (χ4n) is 4.36. The molecule has 0 radical (unpaired) electrons. The molecule has 5 nitrogen and oxygen atoms in total. The van der Waals surface area contributed by atoms with Crippen molar-refractivity contribution < 1.29 is 18.8 Å². The van der Waals surface area contributed by atoms with Gasteiger partial charge in [0.1, 0.15) is 0 Å². The van der Waals surface area contributed by atoms with Crippen molar-refractivity contribution in [2.75, 3.05) is 6.61 Å². The van der Waals surface area contributed by atoms with E-state index in [1.54, 1.807) is 12.3 Å². The summed E-state index contributed by atoms with van der Waals surface area (Å²) in [5.41, 5.74) is 0. The van der Waals surface area contributed by atoms with E-state index < -0.39 is 8.32 Å². The van der Waals surface area contributed by atoms with Crippen LogP contribution in [0.3, 0.4) is 0 Å². The van der Waals surface area contributed by atoms with Crippen molar-refractivity contribution in [3.8, 4) is 0 Å². The van der Waals surface area contributed by atoms with Gasteiger partial charge in [0.15, 0.2) is 0 Å². The molecule has 1 aliphatic heterocycles. The molecule has 0 spiro atoms. The van der Waals surface area contributed by atoms with E-state index in [2.05, 4.69) is 74.6 Å². The highest BCUT2D eigenvalue weighted by Gasteiger charge is 2.54. The maximum absolute atomic E-state index is 12.6. The van der Waals surface area contributed by atoms with Gasteiger partial charge < -0.3 is 14.5 Å². The fourth-order valence-corrected chi connectivity index (χ4v) is 10.1. The number of carbonyl (C=O) groups is 2. The van der Waals surface area contributed by atoms with Crippen LogP contribution in [0.2, 0.25) is 5.04 Å². The Bertz CT molecular complexity index is 935. The van der Waals surface area contributed by atoms with Crippen LogP contribution in [-0.2, 0) is 18.8 Å². The van der Waals surface area contributed by atoms with E-state index in [0.717, 1.165) is 0 Å². The molecule has 3 unspecified atom stereocenters. The van der Waals surface area contributed by atoms with E-state index in [9.17, 15) is 9.59 Å². The van der Waals surface area contributed by atoms with E-state index >= 15 is 0 Å². The first-order valence-corrected chi connectivity index (χ1v) is 14.1. The molecule has 0 aliphatic carbocycles. The summed E-state index contributed by atoms with van der Waals surface area (Å²) < 4.78 is 12.0. The Kier molecular flexibility index (Phi) is 8.21. The molecule has 1 N–H and O–H groups in total. The van der Waals surface area contributed by atoms with E-state index in [4.69, 9.17) is 9.16 Å². The molecule has 3 rings (SSSR count). The van der Waals surface area contributed by atoms with Crippen LogP contribution in [0, 0.1) is 5.92 Å². The number of amides is 1. The minimum atomic E-state index is -2.76. The number of hydrogen-bond acceptors (Lipinski definition) is 5. The largest absolute Gasteiger partial charge is 0.463 e. The summed E-state index contributed by atoms with van der Waals surface area (Å²) in [5, 5.41) is 6.66. The molecule has 1 saturated heterocycles. The van der Waals surface area contributed by atoms with Crippen molar-refractivity contribution in [3.05, 3.63) is 72.1 Å². The Morgan fingerprint density at radius 1 is 1.09 bits per heavy atom. The van der Waals surface area contributed by atoms with Crippen molar-refractivity contribution in [3.63, 3.8) is 0 Å². The highest BCUT2D eigenvalue weighted by molar-refractivity contribution is 8.02. The third-order valence-electron chi connectivity index (χ3n) is 5.91. The summed E-state index contributed by atoms with van der Waals surface area (Å²) >= 11 is 1.40. The number of hydrogen-bond donors (Lipinski definition) is 1. The van der Waals surface area contributed by atoms with E-state index in [-0.39, 0.29) is 34.3 Å². The predicted molar refractivity (Wildman–Crippen MR) is 137 cm³/mol. The molecule has 3 atom stereocenters. The van der Waals surface area contributed by atoms with Gasteiger partial charge in [-0.3, -0.25) is 4.79 Å². The topological polar surface area (TPSA) is 64.6 Å². The number of rotatable bonds is 9. The number of ether oxygens (including phenoxy) is 1. The van der Waals surface area contributed by atoms with Gasteiger partial charge in [-0.15, -0.1) is 11.8 Å². The molecule has 33 heavy (non-hydrogen) atoms. The molecule has 7 heteroatoms. The first-order valence-electron chi connectivity index (χ1n) is 11.3. The van der Waals surface area contributed by atoms with Crippen molar-refractivity contribution in [2.24, 2.45) is 5.92 Å². The van der Waals surface area contributed by atoms with Crippen molar-refractivity contribution in [2.45, 2.75) is 51.1 Å². The molecule has 0 bridgehead atoms. The monoisotopic (exact) mass is 483 g/mol. The summed E-state index contributed by atoms with van der Waals surface area (Å²) in [7, 11) is -2.76. The normalized spacial score (nSPS) is 19.6. The van der Waals surface area contributed by atoms with Gasteiger partial charge in [0.05, 0.1) is 24.0 Å². The Morgan fingerprint density at radius 2 is 1.64 bits per heavy atom. The van der Waals surface area contributed by atoms with Crippen LogP contribution in [0.5, 0.6) is 0 Å². The lowest BCUT2D eigenvalue weighted by Crippen LogP contribution is -2.70. The summed E-state index contributed by atoms with van der Waals surface area (Å²) in [5.74, 6) is -0.727. The summed E-state index contributed by atoms with van der Waals surface area (Å²) in [6, 6.07) is 20.8. The summed E-state index contributed by atoms with van der Waals surface area (Å²) in [6.07, 6.45) is 1.09. The van der Waals surface area contributed by atoms with Gasteiger partial charge in [-0.1, -0.05) is 81.4 Å². The van der Waals surface area contributed by atoms with Crippen LogP contribution in [0.15, 0.2) is 72.1 Å². The minimum absolute atomic E-state index is 0.0255. The number of benzene rings is 2. The molecule has 1 amide bonds. The summed E-state index contributed by atoms with van der Waals surface area (Å²) in [6.45, 7) is 10.8. The Labute approximate surface area is 202 Å². The zero-order valence-electron chi connectivity index (χ0n) is 19.9. The molecule has 1 fully saturated rings. The molecular formula is C26H33NO4SSi. The fraction of sp³-hybridized carbons (Fsp3) is 0.385. The second kappa shape index (κ2) is 10.7. The molecule has 0 saturated carbocycles. The molecular weight excluding hydrogens is 450 g/mol. The van der Waals surface area contributed by atoms with Crippen LogP contribution in [0.25, 0.3) is 0 Å². The lowest BCUT2D eigenvalue weighted by Gasteiger charge is -2.48. The SMILES string of the molecule is CCOC(=O)/C=C\SC1NC(=O)C1C(C)O[Si](c1ccccc1)(c1ccccc1)C(C)(C)C. The number of β-lactam (4-membered cyclic amide) rings is 1. The number of carbonyl (C=O) groups excluding carboxylic acids is 2. The van der Waals surface area contributed by atoms with Crippen LogP contribution in [0.4, 0.5) is 0 Å². The molecule has 176 valence electrons. The van der Waals surface area contributed by atoms with Gasteiger partial charge in [0, 0.05) is 6.08 Å². The molecule has 2 aromatic carbocycles. The van der Waals surface area contributed by atoms with Gasteiger partial charge >= 0.3 is 5.97 Å². The average molecular weight is 484 g/mol. The third-order valence-corrected chi connectivity index (χ3v) is 12.0. The Balaban J connectivity index is 1.91. The second-order valence-corrected chi connectivity index (χ2v) is 14.4. The second-order valence-electron chi connectivity index (χ2n) is 9.13. The Morgan fingerprint density at radius 3 is 2.09 bits per heavy atom. The average Bonchev–Trinajstić information content (AvgIpc) is 2.77. The Hall–Kier alpha value is -2.35. The van der Waals surface area contributed by atoms with E-state index in [0.29, 0.717) is 6.61 Å². The minimum Gasteiger partial charge on any atom is -0.463 e. The van der Waals surface area contributed by atoms with E-state index in [1.807, 2.05) is 19.1 Å². The van der Waals surface area contributed by atoms with Gasteiger partial charge in [-0.25, -0.2) is 4.79 Å². The highest BCUT2D eigenvalue weighted by atomic mass is 32.2.